The highest BCUT2D eigenvalue weighted by molar-refractivity contribution is 5.94. The van der Waals surface area contributed by atoms with Crippen molar-refractivity contribution in [3.8, 4) is 16.9 Å². The fourth-order valence-corrected chi connectivity index (χ4v) is 3.95. The van der Waals surface area contributed by atoms with Gasteiger partial charge in [0.2, 0.25) is 0 Å². The summed E-state index contributed by atoms with van der Waals surface area (Å²) in [4.78, 5) is 4.50. The number of fused-ring (bicyclic) bond motifs is 1. The number of aliphatic hydroxyl groups excluding tert-OH is 1. The van der Waals surface area contributed by atoms with Gasteiger partial charge in [-0.3, -0.25) is 4.98 Å². The molecule has 3 heterocycles. The first-order valence-electron chi connectivity index (χ1n) is 10.2. The van der Waals surface area contributed by atoms with Crippen molar-refractivity contribution in [3.05, 3.63) is 84.4 Å². The number of furan rings is 1. The first-order valence-corrected chi connectivity index (χ1v) is 10.2. The van der Waals surface area contributed by atoms with E-state index in [0.29, 0.717) is 26.1 Å². The minimum Gasteiger partial charge on any atom is -0.489 e. The molecule has 2 aromatic carbocycles. The van der Waals surface area contributed by atoms with Crippen LogP contribution in [0.4, 0.5) is 0 Å². The molecule has 30 heavy (non-hydrogen) atoms. The Morgan fingerprint density at radius 2 is 2.07 bits per heavy atom. The van der Waals surface area contributed by atoms with Crippen LogP contribution in [0.5, 0.6) is 5.75 Å². The van der Waals surface area contributed by atoms with Gasteiger partial charge in [-0.15, -0.1) is 0 Å². The molecule has 0 amide bonds. The molecule has 0 bridgehead atoms. The minimum atomic E-state index is -0.291. The van der Waals surface area contributed by atoms with E-state index < -0.39 is 0 Å². The summed E-state index contributed by atoms with van der Waals surface area (Å²) < 4.78 is 17.1. The van der Waals surface area contributed by atoms with Crippen LogP contribution in [0, 0.1) is 0 Å². The molecule has 0 spiro atoms. The quantitative estimate of drug-likeness (QED) is 0.492. The van der Waals surface area contributed by atoms with Gasteiger partial charge in [0.05, 0.1) is 30.3 Å². The topological polar surface area (TPSA) is 64.7 Å². The van der Waals surface area contributed by atoms with E-state index in [-0.39, 0.29) is 12.2 Å². The molecule has 1 aliphatic heterocycles. The molecule has 4 aromatic rings. The third-order valence-electron chi connectivity index (χ3n) is 5.53. The van der Waals surface area contributed by atoms with E-state index in [1.165, 1.54) is 0 Å². The van der Waals surface area contributed by atoms with Crippen LogP contribution in [0.25, 0.3) is 22.0 Å². The van der Waals surface area contributed by atoms with E-state index in [0.717, 1.165) is 38.9 Å². The molecule has 0 radical (unpaired) electrons. The van der Waals surface area contributed by atoms with Crippen molar-refractivity contribution in [1.82, 2.24) is 4.98 Å². The smallest absolute Gasteiger partial charge is 0.122 e. The van der Waals surface area contributed by atoms with Crippen molar-refractivity contribution < 1.29 is 19.0 Å². The maximum atomic E-state index is 9.91. The summed E-state index contributed by atoms with van der Waals surface area (Å²) in [6, 6.07) is 18.1. The second kappa shape index (κ2) is 8.30. The normalized spacial score (nSPS) is 19.1. The molecular formula is C25H23NO4. The predicted octanol–water partition coefficient (Wildman–Crippen LogP) is 5.29. The molecule has 2 atom stereocenters. The first-order chi connectivity index (χ1) is 14.8. The zero-order chi connectivity index (χ0) is 20.3. The molecule has 2 aromatic heterocycles. The lowest BCUT2D eigenvalue weighted by Gasteiger charge is -2.27. The van der Waals surface area contributed by atoms with Gasteiger partial charge in [0.15, 0.2) is 0 Å². The van der Waals surface area contributed by atoms with Crippen molar-refractivity contribution in [2.24, 2.45) is 0 Å². The van der Waals surface area contributed by atoms with Gasteiger partial charge in [-0.25, -0.2) is 0 Å². The Kier molecular flexibility index (Phi) is 5.22. The predicted molar refractivity (Wildman–Crippen MR) is 114 cm³/mol. The zero-order valence-electron chi connectivity index (χ0n) is 16.5. The standard InChI is InChI=1S/C25H23NO4/c27-20-8-11-29-25(13-20)18-3-1-2-17(12-18)15-30-21-4-5-23-22(19-7-10-28-16-19)6-9-26-24(23)14-21/h1-7,9-10,12,14,16,20,25,27H,8,11,13,15H2. The van der Waals surface area contributed by atoms with Crippen LogP contribution < -0.4 is 4.74 Å². The summed E-state index contributed by atoms with van der Waals surface area (Å²) in [5.41, 5.74) is 5.14. The van der Waals surface area contributed by atoms with Gasteiger partial charge in [-0.1, -0.05) is 18.2 Å². The Bertz CT molecular complexity index is 1140. The van der Waals surface area contributed by atoms with Crippen molar-refractivity contribution in [2.75, 3.05) is 6.61 Å². The maximum Gasteiger partial charge on any atom is 0.122 e. The summed E-state index contributed by atoms with van der Waals surface area (Å²) in [5, 5.41) is 11.0. The Balaban J connectivity index is 1.32. The lowest BCUT2D eigenvalue weighted by Crippen LogP contribution is -2.23. The molecule has 0 aliphatic carbocycles. The molecule has 0 saturated carbocycles. The van der Waals surface area contributed by atoms with Crippen LogP contribution in [-0.4, -0.2) is 22.8 Å². The molecule has 1 saturated heterocycles. The van der Waals surface area contributed by atoms with E-state index in [1.54, 1.807) is 18.7 Å². The molecular weight excluding hydrogens is 378 g/mol. The van der Waals surface area contributed by atoms with Crippen LogP contribution in [-0.2, 0) is 11.3 Å². The second-order valence-electron chi connectivity index (χ2n) is 7.62. The van der Waals surface area contributed by atoms with Gasteiger partial charge in [0.25, 0.3) is 0 Å². The summed E-state index contributed by atoms with van der Waals surface area (Å²) in [6.07, 6.45) is 6.21. The number of ether oxygens (including phenoxy) is 2. The monoisotopic (exact) mass is 401 g/mol. The van der Waals surface area contributed by atoms with Crippen molar-refractivity contribution in [2.45, 2.75) is 31.7 Å². The minimum absolute atomic E-state index is 0.0556. The SMILES string of the molecule is OC1CCOC(c2cccc(COc3ccc4c(-c5ccoc5)ccnc4c3)c2)C1. The molecule has 1 N–H and O–H groups in total. The second-order valence-corrected chi connectivity index (χ2v) is 7.62. The first kappa shape index (κ1) is 18.9. The van der Waals surface area contributed by atoms with Crippen LogP contribution in [0.3, 0.4) is 0 Å². The van der Waals surface area contributed by atoms with Crippen LogP contribution in [0.1, 0.15) is 30.1 Å². The Morgan fingerprint density at radius 1 is 1.10 bits per heavy atom. The van der Waals surface area contributed by atoms with E-state index >= 15 is 0 Å². The molecule has 5 rings (SSSR count). The number of rotatable bonds is 5. The number of nitrogens with zero attached hydrogens (tertiary/aromatic N) is 1. The number of benzene rings is 2. The molecule has 1 fully saturated rings. The third-order valence-corrected chi connectivity index (χ3v) is 5.53. The van der Waals surface area contributed by atoms with Crippen molar-refractivity contribution >= 4 is 10.9 Å². The fraction of sp³-hybridized carbons (Fsp3) is 0.240. The zero-order valence-corrected chi connectivity index (χ0v) is 16.5. The van der Waals surface area contributed by atoms with Crippen molar-refractivity contribution in [3.63, 3.8) is 0 Å². The highest BCUT2D eigenvalue weighted by atomic mass is 16.5. The fourth-order valence-electron chi connectivity index (χ4n) is 3.95. The van der Waals surface area contributed by atoms with Gasteiger partial charge in [-0.05, 0) is 53.4 Å². The number of hydrogen-bond acceptors (Lipinski definition) is 5. The molecule has 5 nitrogen and oxygen atoms in total. The maximum absolute atomic E-state index is 9.91. The molecule has 5 heteroatoms. The van der Waals surface area contributed by atoms with Crippen LogP contribution >= 0.6 is 0 Å². The van der Waals surface area contributed by atoms with Crippen LogP contribution in [0.2, 0.25) is 0 Å². The highest BCUT2D eigenvalue weighted by Gasteiger charge is 2.22. The van der Waals surface area contributed by atoms with Gasteiger partial charge < -0.3 is 19.0 Å². The highest BCUT2D eigenvalue weighted by Crippen LogP contribution is 2.31. The number of pyridine rings is 1. The Labute approximate surface area is 174 Å². The van der Waals surface area contributed by atoms with E-state index in [1.807, 2.05) is 48.5 Å². The molecule has 1 aliphatic rings. The van der Waals surface area contributed by atoms with E-state index in [9.17, 15) is 5.11 Å². The molecule has 152 valence electrons. The van der Waals surface area contributed by atoms with Gasteiger partial charge in [-0.2, -0.15) is 0 Å². The van der Waals surface area contributed by atoms with Crippen molar-refractivity contribution in [1.29, 1.82) is 0 Å². The largest absolute Gasteiger partial charge is 0.489 e. The lowest BCUT2D eigenvalue weighted by atomic mass is 9.98. The average molecular weight is 401 g/mol. The van der Waals surface area contributed by atoms with E-state index in [4.69, 9.17) is 13.9 Å². The average Bonchev–Trinajstić information content (AvgIpc) is 3.32. The number of aliphatic hydroxyl groups is 1. The summed E-state index contributed by atoms with van der Waals surface area (Å²) >= 11 is 0. The number of hydrogen-bond donors (Lipinski definition) is 1. The van der Waals surface area contributed by atoms with Gasteiger partial charge in [0, 0.05) is 36.2 Å². The summed E-state index contributed by atoms with van der Waals surface area (Å²) in [6.45, 7) is 1.05. The Hall–Kier alpha value is -3.15. The van der Waals surface area contributed by atoms with E-state index in [2.05, 4.69) is 11.1 Å². The summed E-state index contributed by atoms with van der Waals surface area (Å²) in [7, 11) is 0. The summed E-state index contributed by atoms with van der Waals surface area (Å²) in [5.74, 6) is 0.772. The third kappa shape index (κ3) is 3.95. The number of aromatic nitrogens is 1. The lowest BCUT2D eigenvalue weighted by molar-refractivity contribution is -0.0448. The molecule has 2 unspecified atom stereocenters. The van der Waals surface area contributed by atoms with Crippen LogP contribution in [0.15, 0.2) is 77.7 Å². The van der Waals surface area contributed by atoms with Gasteiger partial charge >= 0.3 is 0 Å². The Morgan fingerprint density at radius 3 is 2.93 bits per heavy atom. The van der Waals surface area contributed by atoms with Gasteiger partial charge in [0.1, 0.15) is 12.4 Å².